The Morgan fingerprint density at radius 2 is 1.88 bits per heavy atom. The molecule has 0 aliphatic carbocycles. The fourth-order valence-electron chi connectivity index (χ4n) is 2.80. The van der Waals surface area contributed by atoms with Gasteiger partial charge in [0.15, 0.2) is 18.2 Å². The van der Waals surface area contributed by atoms with Gasteiger partial charge in [0.25, 0.3) is 5.91 Å². The van der Waals surface area contributed by atoms with Crippen LogP contribution < -0.4 is 10.6 Å². The maximum Gasteiger partial charge on any atom is 0.275 e. The summed E-state index contributed by atoms with van der Waals surface area (Å²) in [5.74, 6) is -1.23. The molecule has 3 aromatic rings. The topological polar surface area (TPSA) is 58.9 Å². The van der Waals surface area contributed by atoms with Crippen LogP contribution in [-0.4, -0.2) is 12.5 Å². The lowest BCUT2D eigenvalue weighted by Crippen LogP contribution is -2.87. The van der Waals surface area contributed by atoms with E-state index in [9.17, 15) is 13.6 Å². The summed E-state index contributed by atoms with van der Waals surface area (Å²) in [5, 5.41) is 5.65. The molecule has 0 spiro atoms. The first kappa shape index (κ1) is 18.1. The van der Waals surface area contributed by atoms with E-state index in [4.69, 9.17) is 4.42 Å². The fourth-order valence-corrected chi connectivity index (χ4v) is 2.80. The molecule has 1 amide bonds. The zero-order chi connectivity index (χ0) is 18.7. The molecule has 0 unspecified atom stereocenters. The molecule has 0 saturated heterocycles. The predicted octanol–water partition coefficient (Wildman–Crippen LogP) is 3.21. The van der Waals surface area contributed by atoms with Gasteiger partial charge in [-0.15, -0.1) is 0 Å². The molecule has 3 N–H and O–H groups in total. The summed E-state index contributed by atoms with van der Waals surface area (Å²) in [6.07, 6.45) is 0. The molecule has 26 heavy (non-hydrogen) atoms. The van der Waals surface area contributed by atoms with Gasteiger partial charge in [0, 0.05) is 10.9 Å². The highest BCUT2D eigenvalue weighted by molar-refractivity contribution is 5.79. The van der Waals surface area contributed by atoms with Crippen molar-refractivity contribution in [3.63, 3.8) is 0 Å². The molecule has 0 fully saturated rings. The van der Waals surface area contributed by atoms with E-state index in [0.717, 1.165) is 23.1 Å². The van der Waals surface area contributed by atoms with Crippen LogP contribution in [0.4, 0.5) is 8.78 Å². The van der Waals surface area contributed by atoms with Crippen molar-refractivity contribution in [3.8, 4) is 0 Å². The van der Waals surface area contributed by atoms with E-state index in [1.165, 1.54) is 6.07 Å². The summed E-state index contributed by atoms with van der Waals surface area (Å²) < 4.78 is 32.1. The van der Waals surface area contributed by atoms with Gasteiger partial charge < -0.3 is 15.1 Å². The number of rotatable bonds is 6. The van der Waals surface area contributed by atoms with Gasteiger partial charge in [0.05, 0.1) is 6.04 Å². The third kappa shape index (κ3) is 4.08. The molecular weight excluding hydrogens is 338 g/mol. The molecule has 6 heteroatoms. The number of hydrogen-bond acceptors (Lipinski definition) is 2. The quantitative estimate of drug-likeness (QED) is 0.710. The number of benzene rings is 2. The highest BCUT2D eigenvalue weighted by Crippen LogP contribution is 2.23. The summed E-state index contributed by atoms with van der Waals surface area (Å²) in [4.78, 5) is 12.2. The minimum atomic E-state index is -0.884. The SMILES string of the molecule is C[C@H](NC(=O)C[NH2+][C@@H](C)c1ccc(F)c(F)c1)c1cc2ccccc2o1. The molecule has 2 aromatic carbocycles. The molecule has 0 saturated carbocycles. The largest absolute Gasteiger partial charge is 0.459 e. The average Bonchev–Trinajstić information content (AvgIpc) is 3.06. The van der Waals surface area contributed by atoms with Crippen LogP contribution in [0.1, 0.15) is 37.3 Å². The number of carbonyl (C=O) groups is 1. The monoisotopic (exact) mass is 359 g/mol. The highest BCUT2D eigenvalue weighted by Gasteiger charge is 2.17. The normalized spacial score (nSPS) is 13.5. The molecule has 2 atom stereocenters. The van der Waals surface area contributed by atoms with Crippen LogP contribution >= 0.6 is 0 Å². The van der Waals surface area contributed by atoms with Crippen LogP contribution in [0.5, 0.6) is 0 Å². The first-order valence-electron chi connectivity index (χ1n) is 8.50. The standard InChI is InChI=1S/C20H20F2N2O2/c1-12(14-7-8-16(21)17(22)9-14)23-11-20(25)24-13(2)19-10-15-5-3-4-6-18(15)26-19/h3-10,12-13,23H,11H2,1-2H3,(H,24,25)/p+1/t12-,13-/m0/s1. The van der Waals surface area contributed by atoms with Crippen LogP contribution in [0.25, 0.3) is 11.0 Å². The first-order chi connectivity index (χ1) is 12.4. The van der Waals surface area contributed by atoms with E-state index < -0.39 is 11.6 Å². The lowest BCUT2D eigenvalue weighted by molar-refractivity contribution is -0.682. The van der Waals surface area contributed by atoms with E-state index in [1.54, 1.807) is 5.32 Å². The maximum atomic E-state index is 13.3. The minimum Gasteiger partial charge on any atom is -0.459 e. The molecule has 0 radical (unpaired) electrons. The highest BCUT2D eigenvalue weighted by atomic mass is 19.2. The molecule has 4 nitrogen and oxygen atoms in total. The second-order valence-electron chi connectivity index (χ2n) is 6.38. The number of halogens is 2. The number of carbonyl (C=O) groups excluding carboxylic acids is 1. The molecule has 136 valence electrons. The van der Waals surface area contributed by atoms with Crippen molar-refractivity contribution in [1.29, 1.82) is 0 Å². The first-order valence-corrected chi connectivity index (χ1v) is 8.50. The van der Waals surface area contributed by atoms with Crippen molar-refractivity contribution in [1.82, 2.24) is 5.32 Å². The van der Waals surface area contributed by atoms with Crippen molar-refractivity contribution >= 4 is 16.9 Å². The number of para-hydroxylation sites is 1. The van der Waals surface area contributed by atoms with E-state index in [-0.39, 0.29) is 24.5 Å². The number of amides is 1. The number of fused-ring (bicyclic) bond motifs is 1. The third-order valence-corrected chi connectivity index (χ3v) is 4.38. The molecule has 0 aliphatic heterocycles. The lowest BCUT2D eigenvalue weighted by Gasteiger charge is -2.14. The Hall–Kier alpha value is -2.73. The fraction of sp³-hybridized carbons (Fsp3) is 0.250. The van der Waals surface area contributed by atoms with Crippen molar-refractivity contribution in [2.45, 2.75) is 25.9 Å². The second kappa shape index (κ2) is 7.66. The van der Waals surface area contributed by atoms with Crippen molar-refractivity contribution in [3.05, 3.63) is 71.5 Å². The number of nitrogens with two attached hydrogens (primary N) is 1. The van der Waals surface area contributed by atoms with Gasteiger partial charge in [0.1, 0.15) is 17.4 Å². The molecular formula is C20H21F2N2O2+. The van der Waals surface area contributed by atoms with E-state index in [2.05, 4.69) is 5.32 Å². The Bertz CT molecular complexity index is 890. The zero-order valence-electron chi connectivity index (χ0n) is 14.6. The van der Waals surface area contributed by atoms with Crippen molar-refractivity contribution < 1.29 is 23.3 Å². The Morgan fingerprint density at radius 1 is 1.12 bits per heavy atom. The Morgan fingerprint density at radius 3 is 2.62 bits per heavy atom. The Balaban J connectivity index is 1.55. The van der Waals surface area contributed by atoms with Gasteiger partial charge in [-0.25, -0.2) is 8.78 Å². The van der Waals surface area contributed by atoms with E-state index >= 15 is 0 Å². The van der Waals surface area contributed by atoms with Gasteiger partial charge in [-0.2, -0.15) is 0 Å². The summed E-state index contributed by atoms with van der Waals surface area (Å²) in [5.41, 5.74) is 1.41. The second-order valence-corrected chi connectivity index (χ2v) is 6.38. The average molecular weight is 359 g/mol. The maximum absolute atomic E-state index is 13.3. The van der Waals surface area contributed by atoms with Crippen LogP contribution in [0.3, 0.4) is 0 Å². The number of quaternary nitrogens is 1. The van der Waals surface area contributed by atoms with Gasteiger partial charge in [-0.3, -0.25) is 4.79 Å². The number of nitrogens with one attached hydrogen (secondary N) is 1. The predicted molar refractivity (Wildman–Crippen MR) is 94.3 cm³/mol. The van der Waals surface area contributed by atoms with Crippen LogP contribution in [0, 0.1) is 11.6 Å². The Labute approximate surface area is 150 Å². The summed E-state index contributed by atoms with van der Waals surface area (Å²) in [7, 11) is 0. The van der Waals surface area contributed by atoms with Gasteiger partial charge in [0.2, 0.25) is 0 Å². The van der Waals surface area contributed by atoms with E-state index in [1.807, 2.05) is 44.2 Å². The van der Waals surface area contributed by atoms with Crippen LogP contribution in [0.15, 0.2) is 52.9 Å². The van der Waals surface area contributed by atoms with Gasteiger partial charge >= 0.3 is 0 Å². The molecule has 3 rings (SSSR count). The lowest BCUT2D eigenvalue weighted by atomic mass is 10.1. The smallest absolute Gasteiger partial charge is 0.275 e. The van der Waals surface area contributed by atoms with Gasteiger partial charge in [-0.05, 0) is 44.2 Å². The van der Waals surface area contributed by atoms with Crippen LogP contribution in [0.2, 0.25) is 0 Å². The molecule has 1 heterocycles. The molecule has 0 bridgehead atoms. The molecule has 0 aliphatic rings. The van der Waals surface area contributed by atoms with Gasteiger partial charge in [-0.1, -0.05) is 18.2 Å². The van der Waals surface area contributed by atoms with Crippen molar-refractivity contribution in [2.24, 2.45) is 0 Å². The van der Waals surface area contributed by atoms with Crippen LogP contribution in [-0.2, 0) is 4.79 Å². The number of hydrogen-bond donors (Lipinski definition) is 2. The summed E-state index contributed by atoms with van der Waals surface area (Å²) in [6.45, 7) is 3.86. The molecule has 1 aromatic heterocycles. The minimum absolute atomic E-state index is 0.160. The van der Waals surface area contributed by atoms with E-state index in [0.29, 0.717) is 11.3 Å². The zero-order valence-corrected chi connectivity index (χ0v) is 14.6. The van der Waals surface area contributed by atoms with Crippen molar-refractivity contribution in [2.75, 3.05) is 6.54 Å². The summed E-state index contributed by atoms with van der Waals surface area (Å²) in [6, 6.07) is 12.9. The third-order valence-electron chi connectivity index (χ3n) is 4.38. The summed E-state index contributed by atoms with van der Waals surface area (Å²) >= 11 is 0. The number of furan rings is 1. The Kier molecular flexibility index (Phi) is 5.32.